The number of allylic oxidation sites excluding steroid dienone is 3. The summed E-state index contributed by atoms with van der Waals surface area (Å²) in [6, 6.07) is 0. The quantitative estimate of drug-likeness (QED) is 0.538. The Balaban J connectivity index is 5.08. The summed E-state index contributed by atoms with van der Waals surface area (Å²) in [6.45, 7) is 5.32. The molecule has 2 N–H and O–H groups in total. The Morgan fingerprint density at radius 3 is 2.47 bits per heavy atom. The number of aliphatic carboxylic acids is 1. The molecule has 0 unspecified atom stereocenters. The fourth-order valence-corrected chi connectivity index (χ4v) is 1.02. The second-order valence-electron chi connectivity index (χ2n) is 2.89. The van der Waals surface area contributed by atoms with Crippen molar-refractivity contribution in [2.75, 3.05) is 0 Å². The van der Waals surface area contributed by atoms with Crippen LogP contribution in [0.1, 0.15) is 27.2 Å². The predicted molar refractivity (Wildman–Crippen MR) is 61.7 cm³/mol. The number of nitrogens with one attached hydrogen (secondary N) is 1. The van der Waals surface area contributed by atoms with E-state index >= 15 is 0 Å². The van der Waals surface area contributed by atoms with Crippen LogP contribution in [0.4, 0.5) is 0 Å². The number of carboxylic acid groups (broad SMARTS) is 1. The zero-order valence-electron chi connectivity index (χ0n) is 9.24. The standard InChI is InChI=1S/C11H16N2O2/c1-4-6-10(11(14)15)13-8(3)9(5-2)7-12/h5-7,12H,4H2,1-3H3,(H,14,15)/b9-5-,10-6+,12-7?,13-8-. The summed E-state index contributed by atoms with van der Waals surface area (Å²) in [4.78, 5) is 14.7. The molecule has 0 aliphatic heterocycles. The Morgan fingerprint density at radius 1 is 1.53 bits per heavy atom. The molecule has 0 aromatic heterocycles. The molecule has 0 heterocycles. The number of carboxylic acids is 1. The van der Waals surface area contributed by atoms with Crippen molar-refractivity contribution in [2.45, 2.75) is 27.2 Å². The van der Waals surface area contributed by atoms with E-state index in [4.69, 9.17) is 10.5 Å². The minimum absolute atomic E-state index is 0.0243. The molecule has 0 aromatic carbocycles. The molecule has 82 valence electrons. The van der Waals surface area contributed by atoms with Crippen molar-refractivity contribution >= 4 is 17.9 Å². The van der Waals surface area contributed by atoms with E-state index < -0.39 is 5.97 Å². The number of hydrogen-bond acceptors (Lipinski definition) is 3. The summed E-state index contributed by atoms with van der Waals surface area (Å²) in [5.41, 5.74) is 1.18. The Labute approximate surface area is 89.5 Å². The van der Waals surface area contributed by atoms with Crippen LogP contribution < -0.4 is 0 Å². The highest BCUT2D eigenvalue weighted by Gasteiger charge is 2.06. The van der Waals surface area contributed by atoms with Crippen LogP contribution in [0.3, 0.4) is 0 Å². The van der Waals surface area contributed by atoms with Crippen molar-refractivity contribution < 1.29 is 9.90 Å². The van der Waals surface area contributed by atoms with E-state index in [1.165, 1.54) is 0 Å². The highest BCUT2D eigenvalue weighted by Crippen LogP contribution is 2.04. The van der Waals surface area contributed by atoms with Gasteiger partial charge < -0.3 is 10.5 Å². The molecule has 0 amide bonds. The first-order valence-electron chi connectivity index (χ1n) is 4.72. The lowest BCUT2D eigenvalue weighted by molar-refractivity contribution is -0.132. The van der Waals surface area contributed by atoms with E-state index in [2.05, 4.69) is 4.99 Å². The van der Waals surface area contributed by atoms with Crippen LogP contribution in [-0.2, 0) is 4.79 Å². The Bertz CT molecular complexity index is 338. The zero-order chi connectivity index (χ0) is 11.8. The van der Waals surface area contributed by atoms with E-state index in [9.17, 15) is 4.79 Å². The molecule has 0 bridgehead atoms. The number of nitrogens with zero attached hydrogens (tertiary/aromatic N) is 1. The van der Waals surface area contributed by atoms with Gasteiger partial charge in [-0.25, -0.2) is 9.79 Å². The van der Waals surface area contributed by atoms with Gasteiger partial charge in [0.15, 0.2) is 0 Å². The highest BCUT2D eigenvalue weighted by atomic mass is 16.4. The Morgan fingerprint density at radius 2 is 2.13 bits per heavy atom. The number of hydrogen-bond donors (Lipinski definition) is 2. The lowest BCUT2D eigenvalue weighted by atomic mass is 10.2. The number of rotatable bonds is 5. The zero-order valence-corrected chi connectivity index (χ0v) is 9.24. The van der Waals surface area contributed by atoms with E-state index in [0.29, 0.717) is 17.7 Å². The van der Waals surface area contributed by atoms with Crippen molar-refractivity contribution in [3.05, 3.63) is 23.4 Å². The highest BCUT2D eigenvalue weighted by molar-refractivity contribution is 6.15. The van der Waals surface area contributed by atoms with Crippen LogP contribution in [0.5, 0.6) is 0 Å². The van der Waals surface area contributed by atoms with E-state index in [1.54, 1.807) is 26.0 Å². The third kappa shape index (κ3) is 4.35. The average molecular weight is 208 g/mol. The van der Waals surface area contributed by atoms with E-state index in [0.717, 1.165) is 6.21 Å². The molecule has 0 aromatic rings. The van der Waals surface area contributed by atoms with Crippen LogP contribution in [0.15, 0.2) is 28.4 Å². The SMILES string of the molecule is C\C=C(C=N)/C(C)=N\C(=C\CC)C(=O)O. The first-order valence-corrected chi connectivity index (χ1v) is 4.72. The van der Waals surface area contributed by atoms with Gasteiger partial charge in [-0.05, 0) is 20.3 Å². The maximum Gasteiger partial charge on any atom is 0.354 e. The van der Waals surface area contributed by atoms with Crippen molar-refractivity contribution in [1.29, 1.82) is 5.41 Å². The summed E-state index contributed by atoms with van der Waals surface area (Å²) in [5, 5.41) is 15.9. The Kier molecular flexibility index (Phi) is 5.94. The topological polar surface area (TPSA) is 73.5 Å². The lowest BCUT2D eigenvalue weighted by Gasteiger charge is -2.00. The summed E-state index contributed by atoms with van der Waals surface area (Å²) < 4.78 is 0. The second kappa shape index (κ2) is 6.70. The van der Waals surface area contributed by atoms with Gasteiger partial charge in [0.25, 0.3) is 0 Å². The predicted octanol–water partition coefficient (Wildman–Crippen LogP) is 2.42. The van der Waals surface area contributed by atoms with E-state index in [-0.39, 0.29) is 5.70 Å². The second-order valence-corrected chi connectivity index (χ2v) is 2.89. The molecule has 0 fully saturated rings. The molecule has 0 aliphatic carbocycles. The monoisotopic (exact) mass is 208 g/mol. The Hall–Kier alpha value is -1.71. The first kappa shape index (κ1) is 13.3. The van der Waals surface area contributed by atoms with Crippen LogP contribution in [-0.4, -0.2) is 23.0 Å². The van der Waals surface area contributed by atoms with E-state index in [1.807, 2.05) is 6.92 Å². The molecule has 0 aliphatic rings. The first-order chi connectivity index (χ1) is 7.06. The van der Waals surface area contributed by atoms with Crippen molar-refractivity contribution in [2.24, 2.45) is 4.99 Å². The van der Waals surface area contributed by atoms with Gasteiger partial charge in [0.1, 0.15) is 5.70 Å². The van der Waals surface area contributed by atoms with Gasteiger partial charge in [0.05, 0.1) is 0 Å². The molecule has 15 heavy (non-hydrogen) atoms. The molecule has 0 radical (unpaired) electrons. The van der Waals surface area contributed by atoms with Crippen LogP contribution in [0.2, 0.25) is 0 Å². The smallest absolute Gasteiger partial charge is 0.354 e. The van der Waals surface area contributed by atoms with Gasteiger partial charge in [-0.1, -0.05) is 19.1 Å². The van der Waals surface area contributed by atoms with Crippen molar-refractivity contribution in [3.63, 3.8) is 0 Å². The van der Waals surface area contributed by atoms with Gasteiger partial charge in [0, 0.05) is 17.5 Å². The van der Waals surface area contributed by atoms with Crippen molar-refractivity contribution in [3.8, 4) is 0 Å². The van der Waals surface area contributed by atoms with Crippen molar-refractivity contribution in [1.82, 2.24) is 0 Å². The third-order valence-electron chi connectivity index (χ3n) is 1.79. The molecule has 0 atom stereocenters. The average Bonchev–Trinajstić information content (AvgIpc) is 2.18. The maximum absolute atomic E-state index is 10.8. The molecule has 4 heteroatoms. The van der Waals surface area contributed by atoms with Crippen LogP contribution in [0.25, 0.3) is 0 Å². The molecule has 4 nitrogen and oxygen atoms in total. The number of carbonyl (C=O) groups is 1. The maximum atomic E-state index is 10.8. The summed E-state index contributed by atoms with van der Waals surface area (Å²) in [6.07, 6.45) is 5.04. The van der Waals surface area contributed by atoms with Gasteiger partial charge in [-0.3, -0.25) is 0 Å². The number of aliphatic imine (C=N–C) groups is 1. The van der Waals surface area contributed by atoms with Gasteiger partial charge in [0.2, 0.25) is 0 Å². The summed E-state index contributed by atoms with van der Waals surface area (Å²) in [7, 11) is 0. The van der Waals surface area contributed by atoms with Gasteiger partial charge >= 0.3 is 5.97 Å². The molecular formula is C11H16N2O2. The largest absolute Gasteiger partial charge is 0.477 e. The van der Waals surface area contributed by atoms with Gasteiger partial charge in [-0.2, -0.15) is 0 Å². The summed E-state index contributed by atoms with van der Waals surface area (Å²) >= 11 is 0. The molecule has 0 rings (SSSR count). The van der Waals surface area contributed by atoms with Crippen LogP contribution in [0, 0.1) is 5.41 Å². The molecule has 0 saturated carbocycles. The molecule has 0 spiro atoms. The van der Waals surface area contributed by atoms with Crippen LogP contribution >= 0.6 is 0 Å². The minimum Gasteiger partial charge on any atom is -0.477 e. The normalized spacial score (nSPS) is 13.9. The fraction of sp³-hybridized carbons (Fsp3) is 0.364. The third-order valence-corrected chi connectivity index (χ3v) is 1.79. The minimum atomic E-state index is -1.04. The lowest BCUT2D eigenvalue weighted by Crippen LogP contribution is -2.04. The molecule has 0 saturated heterocycles. The summed E-state index contributed by atoms with van der Waals surface area (Å²) in [5.74, 6) is -1.04. The van der Waals surface area contributed by atoms with Gasteiger partial charge in [-0.15, -0.1) is 0 Å². The fourth-order valence-electron chi connectivity index (χ4n) is 1.02. The molecular weight excluding hydrogens is 192 g/mol.